The van der Waals surface area contributed by atoms with Crippen LogP contribution in [0.25, 0.3) is 5.69 Å². The number of piperazine rings is 1. The van der Waals surface area contributed by atoms with E-state index in [4.69, 9.17) is 14.2 Å². The van der Waals surface area contributed by atoms with Gasteiger partial charge in [-0.2, -0.15) is 10.2 Å². The summed E-state index contributed by atoms with van der Waals surface area (Å²) in [7, 11) is 0. The van der Waals surface area contributed by atoms with Crippen LogP contribution in [0, 0.1) is 17.6 Å². The summed E-state index contributed by atoms with van der Waals surface area (Å²) >= 11 is 0. The highest BCUT2D eigenvalue weighted by Gasteiger charge is 2.46. The Kier molecular flexibility index (Phi) is 11.8. The van der Waals surface area contributed by atoms with E-state index in [1.165, 1.54) is 34.2 Å². The van der Waals surface area contributed by atoms with Crippen molar-refractivity contribution in [2.24, 2.45) is 5.92 Å². The van der Waals surface area contributed by atoms with Gasteiger partial charge in [0.25, 0.3) is 0 Å². The van der Waals surface area contributed by atoms with E-state index in [0.717, 1.165) is 49.3 Å². The molecule has 0 saturated carbocycles. The molecule has 2 aliphatic rings. The Bertz CT molecular complexity index is 2090. The Balaban J connectivity index is 0.906. The predicted molar refractivity (Wildman–Crippen MR) is 206 cm³/mol. The van der Waals surface area contributed by atoms with Gasteiger partial charge in [-0.1, -0.05) is 13.8 Å². The van der Waals surface area contributed by atoms with E-state index >= 15 is 0 Å². The molecule has 5 atom stereocenters. The molecule has 4 heterocycles. The van der Waals surface area contributed by atoms with Crippen molar-refractivity contribution in [3.8, 4) is 11.4 Å². The summed E-state index contributed by atoms with van der Waals surface area (Å²) < 4.78 is 51.5. The molecule has 0 bridgehead atoms. The van der Waals surface area contributed by atoms with E-state index in [2.05, 4.69) is 44.1 Å². The van der Waals surface area contributed by atoms with Gasteiger partial charge in [0.15, 0.2) is 0 Å². The van der Waals surface area contributed by atoms with Crippen molar-refractivity contribution in [2.75, 3.05) is 55.8 Å². The second kappa shape index (κ2) is 16.9. The lowest BCUT2D eigenvalue weighted by Gasteiger charge is -2.37. The first kappa shape index (κ1) is 39.1. The van der Waals surface area contributed by atoms with Gasteiger partial charge >= 0.3 is 5.69 Å². The van der Waals surface area contributed by atoms with Crippen LogP contribution in [0.1, 0.15) is 39.3 Å². The van der Waals surface area contributed by atoms with Gasteiger partial charge in [-0.05, 0) is 80.4 Å². The van der Waals surface area contributed by atoms with Crippen LogP contribution in [0.2, 0.25) is 0 Å². The van der Waals surface area contributed by atoms with Gasteiger partial charge in [-0.15, -0.1) is 0 Å². The molecule has 0 radical (unpaired) electrons. The second-order valence-corrected chi connectivity index (χ2v) is 14.8. The molecule has 56 heavy (non-hydrogen) atoms. The topological polar surface area (TPSA) is 137 Å². The van der Waals surface area contributed by atoms with Crippen LogP contribution in [0.5, 0.6) is 5.75 Å². The molecule has 2 fully saturated rings. The lowest BCUT2D eigenvalue weighted by molar-refractivity contribution is -0.192. The van der Waals surface area contributed by atoms with Gasteiger partial charge in [0, 0.05) is 61.3 Å². The van der Waals surface area contributed by atoms with Gasteiger partial charge in [0.2, 0.25) is 5.79 Å². The summed E-state index contributed by atoms with van der Waals surface area (Å²) in [6, 6.07) is 18.8. The Morgan fingerprint density at radius 1 is 0.911 bits per heavy atom. The predicted octanol–water partition coefficient (Wildman–Crippen LogP) is 4.13. The molecule has 0 aliphatic carbocycles. The van der Waals surface area contributed by atoms with Gasteiger partial charge < -0.3 is 34.4 Å². The SMILES string of the molecule is CC(C)C(CO)NC(C)C(C)n1ncn(-c2ccc(N3CCN(c4ccc(OCC5COC(Cn6cncn6)(c6ccc(F)cc6F)O5)cc4)CC3)cc2)c1=O. The molecule has 2 N–H and O–H groups in total. The maximum Gasteiger partial charge on any atom is 0.350 e. The van der Waals surface area contributed by atoms with E-state index in [1.54, 1.807) is 10.9 Å². The van der Waals surface area contributed by atoms with Crippen molar-refractivity contribution < 1.29 is 28.1 Å². The van der Waals surface area contributed by atoms with Crippen molar-refractivity contribution in [2.45, 2.75) is 64.3 Å². The quantitative estimate of drug-likeness (QED) is 0.159. The van der Waals surface area contributed by atoms with Crippen LogP contribution in [-0.2, 0) is 21.8 Å². The van der Waals surface area contributed by atoms with Crippen LogP contribution in [0.4, 0.5) is 20.2 Å². The number of hydrogen-bond acceptors (Lipinski definition) is 11. The Morgan fingerprint density at radius 2 is 1.57 bits per heavy atom. The molecule has 7 rings (SSSR count). The molecule has 5 unspecified atom stereocenters. The molecular weight excluding hydrogens is 724 g/mol. The average molecular weight is 774 g/mol. The third-order valence-corrected chi connectivity index (χ3v) is 10.7. The minimum absolute atomic E-state index is 0.0249. The first-order valence-corrected chi connectivity index (χ1v) is 19.0. The fourth-order valence-electron chi connectivity index (χ4n) is 7.19. The van der Waals surface area contributed by atoms with Crippen LogP contribution >= 0.6 is 0 Å². The lowest BCUT2D eigenvalue weighted by atomic mass is 10.0. The normalized spacial score (nSPS) is 20.4. The Hall–Kier alpha value is -5.16. The average Bonchev–Trinajstić information content (AvgIpc) is 3.97. The maximum absolute atomic E-state index is 14.9. The molecule has 0 amide bonds. The minimum Gasteiger partial charge on any atom is -0.491 e. The summed E-state index contributed by atoms with van der Waals surface area (Å²) in [5.74, 6) is -2.08. The van der Waals surface area contributed by atoms with Crippen molar-refractivity contribution in [3.05, 3.63) is 113 Å². The minimum atomic E-state index is -1.52. The number of benzene rings is 3. The third-order valence-electron chi connectivity index (χ3n) is 10.7. The number of halogens is 2. The fraction of sp³-hybridized carbons (Fsp3) is 0.450. The molecule has 298 valence electrons. The lowest BCUT2D eigenvalue weighted by Crippen LogP contribution is -2.47. The van der Waals surface area contributed by atoms with Crippen molar-refractivity contribution in [3.63, 3.8) is 0 Å². The molecule has 2 aliphatic heterocycles. The second-order valence-electron chi connectivity index (χ2n) is 14.8. The van der Waals surface area contributed by atoms with Crippen LogP contribution < -0.4 is 25.5 Å². The van der Waals surface area contributed by atoms with Gasteiger partial charge in [0.1, 0.15) is 55.6 Å². The molecule has 0 spiro atoms. The molecule has 2 aromatic heterocycles. The molecule has 14 nitrogen and oxygen atoms in total. The van der Waals surface area contributed by atoms with Crippen molar-refractivity contribution >= 4 is 11.4 Å². The largest absolute Gasteiger partial charge is 0.491 e. The standard InChI is InChI=1S/C40H49F2N9O5/c1-27(2)38(20-52)46-28(3)29(4)51-39(53)50(26-45-51)33-8-6-31(7-9-33)47-15-17-48(18-16-47)32-10-12-34(13-11-32)54-21-35-22-55-40(56-35,23-49-25-43-24-44-49)36-14-5-30(41)19-37(36)42/h5-14,19,24-29,35,38,46,52H,15-18,20-23H2,1-4H3. The zero-order chi connectivity index (χ0) is 39.4. The summed E-state index contributed by atoms with van der Waals surface area (Å²) in [4.78, 5) is 22.0. The van der Waals surface area contributed by atoms with Gasteiger partial charge in [-0.25, -0.2) is 32.5 Å². The smallest absolute Gasteiger partial charge is 0.350 e. The van der Waals surface area contributed by atoms with E-state index in [9.17, 15) is 18.7 Å². The van der Waals surface area contributed by atoms with Crippen molar-refractivity contribution in [1.82, 2.24) is 34.4 Å². The summed E-state index contributed by atoms with van der Waals surface area (Å²) in [5, 5.41) is 21.7. The maximum atomic E-state index is 14.9. The number of aromatic nitrogens is 6. The highest BCUT2D eigenvalue weighted by molar-refractivity contribution is 5.54. The third kappa shape index (κ3) is 8.48. The number of ether oxygens (including phenoxy) is 3. The Morgan fingerprint density at radius 3 is 2.18 bits per heavy atom. The van der Waals surface area contributed by atoms with Gasteiger partial charge in [0.05, 0.1) is 24.9 Å². The number of nitrogens with one attached hydrogen (secondary N) is 1. The van der Waals surface area contributed by atoms with Gasteiger partial charge in [-0.3, -0.25) is 0 Å². The number of aliphatic hydroxyl groups excluding tert-OH is 1. The number of aliphatic hydroxyl groups is 1. The van der Waals surface area contributed by atoms with E-state index in [-0.39, 0.29) is 61.7 Å². The summed E-state index contributed by atoms with van der Waals surface area (Å²) in [6.45, 7) is 11.7. The number of nitrogens with zero attached hydrogens (tertiary/aromatic N) is 8. The van der Waals surface area contributed by atoms with Crippen LogP contribution in [0.3, 0.4) is 0 Å². The molecule has 3 aromatic carbocycles. The zero-order valence-corrected chi connectivity index (χ0v) is 32.0. The number of anilines is 2. The zero-order valence-electron chi connectivity index (χ0n) is 32.0. The van der Waals surface area contributed by atoms with E-state index in [0.29, 0.717) is 5.75 Å². The highest BCUT2D eigenvalue weighted by atomic mass is 19.1. The van der Waals surface area contributed by atoms with Crippen LogP contribution in [-0.4, -0.2) is 98.4 Å². The molecular formula is C40H49F2N9O5. The molecule has 16 heteroatoms. The first-order chi connectivity index (χ1) is 27.0. The summed E-state index contributed by atoms with van der Waals surface area (Å²) in [5.41, 5.74) is 2.77. The fourth-order valence-corrected chi connectivity index (χ4v) is 7.19. The van der Waals surface area contributed by atoms with Crippen LogP contribution in [0.15, 0.2) is 90.5 Å². The number of hydrogen-bond donors (Lipinski definition) is 2. The summed E-state index contributed by atoms with van der Waals surface area (Å²) in [6.07, 6.45) is 3.89. The molecule has 2 saturated heterocycles. The monoisotopic (exact) mass is 773 g/mol. The first-order valence-electron chi connectivity index (χ1n) is 19.0. The van der Waals surface area contributed by atoms with E-state index < -0.39 is 23.5 Å². The Labute approximate surface area is 324 Å². The highest BCUT2D eigenvalue weighted by Crippen LogP contribution is 2.38. The number of rotatable bonds is 15. The van der Waals surface area contributed by atoms with E-state index in [1.807, 2.05) is 62.4 Å². The van der Waals surface area contributed by atoms with Crippen molar-refractivity contribution in [1.29, 1.82) is 0 Å². The molecule has 5 aromatic rings.